The van der Waals surface area contributed by atoms with E-state index in [-0.39, 0.29) is 12.1 Å². The summed E-state index contributed by atoms with van der Waals surface area (Å²) in [6.07, 6.45) is 4.03. The van der Waals surface area contributed by atoms with E-state index in [0.717, 1.165) is 38.2 Å². The third-order valence-electron chi connectivity index (χ3n) is 5.06. The van der Waals surface area contributed by atoms with Crippen LogP contribution >= 0.6 is 0 Å². The molecular formula is C19H32N4O2. The number of methoxy groups -OCH3 is 1. The van der Waals surface area contributed by atoms with E-state index in [1.807, 2.05) is 18.2 Å². The maximum absolute atomic E-state index is 12.6. The number of ether oxygens (including phenoxy) is 1. The van der Waals surface area contributed by atoms with Gasteiger partial charge in [-0.25, -0.2) is 4.79 Å². The van der Waals surface area contributed by atoms with E-state index in [4.69, 9.17) is 4.74 Å². The number of likely N-dealkylation sites (tertiary alicyclic amines) is 1. The number of carbonyl (C=O) groups excluding carboxylic acids is 1. The first-order valence-corrected chi connectivity index (χ1v) is 9.17. The average Bonchev–Trinajstić information content (AvgIpc) is 2.64. The molecule has 1 aromatic heterocycles. The standard InChI is InChI=1S/C19H32N4O2/c1-15(2)23-11-8-16(9-12-23)13-21-19(24)22(3)18(14-25-4)17-7-5-6-10-20-17/h5-7,10,15-16,18H,8-9,11-14H2,1-4H3,(H,21,24). The first-order valence-electron chi connectivity index (χ1n) is 9.17. The summed E-state index contributed by atoms with van der Waals surface area (Å²) in [5.74, 6) is 0.558. The molecule has 1 fully saturated rings. The second-order valence-corrected chi connectivity index (χ2v) is 7.10. The topological polar surface area (TPSA) is 57.7 Å². The molecule has 2 amide bonds. The first-order chi connectivity index (χ1) is 12.0. The van der Waals surface area contributed by atoms with E-state index >= 15 is 0 Å². The Kier molecular flexibility index (Phi) is 7.65. The van der Waals surface area contributed by atoms with Gasteiger partial charge in [0.25, 0.3) is 0 Å². The van der Waals surface area contributed by atoms with Crippen molar-refractivity contribution in [1.29, 1.82) is 0 Å². The lowest BCUT2D eigenvalue weighted by Gasteiger charge is -2.35. The zero-order valence-corrected chi connectivity index (χ0v) is 15.9. The molecule has 1 unspecified atom stereocenters. The van der Waals surface area contributed by atoms with E-state index in [0.29, 0.717) is 18.6 Å². The van der Waals surface area contributed by atoms with Crippen LogP contribution in [0.2, 0.25) is 0 Å². The SMILES string of the molecule is COCC(c1ccccn1)N(C)C(=O)NCC1CCN(C(C)C)CC1. The van der Waals surface area contributed by atoms with Crippen LogP contribution in [0, 0.1) is 5.92 Å². The number of carbonyl (C=O) groups is 1. The van der Waals surface area contributed by atoms with Crippen molar-refractivity contribution in [2.45, 2.75) is 38.8 Å². The monoisotopic (exact) mass is 348 g/mol. The highest BCUT2D eigenvalue weighted by Crippen LogP contribution is 2.20. The highest BCUT2D eigenvalue weighted by Gasteiger charge is 2.25. The molecule has 1 aliphatic rings. The number of pyridine rings is 1. The van der Waals surface area contributed by atoms with Gasteiger partial charge in [0.1, 0.15) is 0 Å². The van der Waals surface area contributed by atoms with Crippen LogP contribution in [0.4, 0.5) is 4.79 Å². The van der Waals surface area contributed by atoms with Crippen LogP contribution < -0.4 is 5.32 Å². The van der Waals surface area contributed by atoms with Crippen molar-refractivity contribution in [3.63, 3.8) is 0 Å². The van der Waals surface area contributed by atoms with Crippen molar-refractivity contribution >= 4 is 6.03 Å². The molecule has 140 valence electrons. The average molecular weight is 348 g/mol. The number of aromatic nitrogens is 1. The molecule has 25 heavy (non-hydrogen) atoms. The van der Waals surface area contributed by atoms with Crippen molar-refractivity contribution in [2.24, 2.45) is 5.92 Å². The molecule has 0 aliphatic carbocycles. The fourth-order valence-electron chi connectivity index (χ4n) is 3.30. The molecule has 0 spiro atoms. The Balaban J connectivity index is 1.84. The molecule has 0 saturated carbocycles. The largest absolute Gasteiger partial charge is 0.382 e. The van der Waals surface area contributed by atoms with Gasteiger partial charge in [-0.05, 0) is 57.8 Å². The van der Waals surface area contributed by atoms with E-state index in [1.165, 1.54) is 0 Å². The molecule has 0 bridgehead atoms. The van der Waals surface area contributed by atoms with Crippen molar-refractivity contribution < 1.29 is 9.53 Å². The predicted molar refractivity (Wildman–Crippen MR) is 99.4 cm³/mol. The van der Waals surface area contributed by atoms with Crippen LogP contribution in [0.3, 0.4) is 0 Å². The Hall–Kier alpha value is -1.66. The second kappa shape index (κ2) is 9.73. The smallest absolute Gasteiger partial charge is 0.317 e. The minimum Gasteiger partial charge on any atom is -0.382 e. The Bertz CT molecular complexity index is 515. The number of nitrogens with one attached hydrogen (secondary N) is 1. The number of urea groups is 1. The zero-order valence-electron chi connectivity index (χ0n) is 15.9. The third-order valence-corrected chi connectivity index (χ3v) is 5.06. The minimum atomic E-state index is -0.186. The van der Waals surface area contributed by atoms with Crippen molar-refractivity contribution in [2.75, 3.05) is 40.4 Å². The Morgan fingerprint density at radius 3 is 2.68 bits per heavy atom. The number of amides is 2. The molecule has 1 aliphatic heterocycles. The second-order valence-electron chi connectivity index (χ2n) is 7.10. The Morgan fingerprint density at radius 2 is 2.12 bits per heavy atom. The van der Waals surface area contributed by atoms with Gasteiger partial charge in [-0.3, -0.25) is 4.98 Å². The van der Waals surface area contributed by atoms with Crippen molar-refractivity contribution in [3.05, 3.63) is 30.1 Å². The van der Waals surface area contributed by atoms with Crippen LogP contribution in [0.15, 0.2) is 24.4 Å². The molecule has 0 radical (unpaired) electrons. The lowest BCUT2D eigenvalue weighted by Crippen LogP contribution is -2.45. The molecule has 1 N–H and O–H groups in total. The van der Waals surface area contributed by atoms with Crippen LogP contribution in [0.5, 0.6) is 0 Å². The molecule has 6 heteroatoms. The summed E-state index contributed by atoms with van der Waals surface area (Å²) >= 11 is 0. The van der Waals surface area contributed by atoms with Crippen molar-refractivity contribution in [1.82, 2.24) is 20.1 Å². The van der Waals surface area contributed by atoms with Gasteiger partial charge in [0, 0.05) is 32.9 Å². The number of nitrogens with zero attached hydrogens (tertiary/aromatic N) is 3. The summed E-state index contributed by atoms with van der Waals surface area (Å²) in [7, 11) is 3.44. The van der Waals surface area contributed by atoms with Crippen LogP contribution in [-0.2, 0) is 4.74 Å². The summed E-state index contributed by atoms with van der Waals surface area (Å²) in [5, 5.41) is 3.09. The quantitative estimate of drug-likeness (QED) is 0.823. The fourth-order valence-corrected chi connectivity index (χ4v) is 3.30. The van der Waals surface area contributed by atoms with E-state index in [9.17, 15) is 4.79 Å². The maximum Gasteiger partial charge on any atom is 0.317 e. The van der Waals surface area contributed by atoms with Crippen LogP contribution in [0.25, 0.3) is 0 Å². The van der Waals surface area contributed by atoms with E-state index in [1.54, 1.807) is 25.3 Å². The van der Waals surface area contributed by atoms with Crippen LogP contribution in [0.1, 0.15) is 38.4 Å². The molecule has 2 heterocycles. The lowest BCUT2D eigenvalue weighted by molar-refractivity contribution is 0.111. The summed E-state index contributed by atoms with van der Waals surface area (Å²) in [5.41, 5.74) is 0.840. The van der Waals surface area contributed by atoms with Gasteiger partial charge in [0.15, 0.2) is 0 Å². The van der Waals surface area contributed by atoms with Gasteiger partial charge in [0.05, 0.1) is 18.3 Å². The molecule has 1 saturated heterocycles. The van der Waals surface area contributed by atoms with Gasteiger partial charge < -0.3 is 19.9 Å². The van der Waals surface area contributed by atoms with Gasteiger partial charge in [-0.15, -0.1) is 0 Å². The van der Waals surface area contributed by atoms with Gasteiger partial charge in [0.2, 0.25) is 0 Å². The molecule has 0 aromatic carbocycles. The molecule has 1 aromatic rings. The first kappa shape index (κ1) is 19.7. The van der Waals surface area contributed by atoms with Crippen molar-refractivity contribution in [3.8, 4) is 0 Å². The summed E-state index contributed by atoms with van der Waals surface area (Å²) in [4.78, 5) is 21.1. The van der Waals surface area contributed by atoms with E-state index < -0.39 is 0 Å². The third kappa shape index (κ3) is 5.68. The number of likely N-dealkylation sites (N-methyl/N-ethyl adjacent to an activating group) is 1. The van der Waals surface area contributed by atoms with Gasteiger partial charge >= 0.3 is 6.03 Å². The summed E-state index contributed by atoms with van der Waals surface area (Å²) < 4.78 is 5.29. The molecule has 6 nitrogen and oxygen atoms in total. The highest BCUT2D eigenvalue weighted by molar-refractivity contribution is 5.74. The number of piperidine rings is 1. The zero-order chi connectivity index (χ0) is 18.2. The maximum atomic E-state index is 12.6. The lowest BCUT2D eigenvalue weighted by atomic mass is 9.96. The summed E-state index contributed by atoms with van der Waals surface area (Å²) in [6, 6.07) is 6.08. The number of hydrogen-bond donors (Lipinski definition) is 1. The predicted octanol–water partition coefficient (Wildman–Crippen LogP) is 2.53. The highest BCUT2D eigenvalue weighted by atomic mass is 16.5. The normalized spacial score (nSPS) is 17.5. The summed E-state index contributed by atoms with van der Waals surface area (Å²) in [6.45, 7) is 7.88. The van der Waals surface area contributed by atoms with Gasteiger partial charge in [-0.1, -0.05) is 6.07 Å². The Morgan fingerprint density at radius 1 is 1.40 bits per heavy atom. The van der Waals surface area contributed by atoms with Gasteiger partial charge in [-0.2, -0.15) is 0 Å². The Labute approximate surface area is 151 Å². The fraction of sp³-hybridized carbons (Fsp3) is 0.684. The van der Waals surface area contributed by atoms with Crippen LogP contribution in [-0.4, -0.2) is 67.3 Å². The number of hydrogen-bond acceptors (Lipinski definition) is 4. The number of rotatable bonds is 7. The molecule has 2 rings (SSSR count). The molecule has 1 atom stereocenters. The minimum absolute atomic E-state index is 0.0704. The molecular weight excluding hydrogens is 316 g/mol. The van der Waals surface area contributed by atoms with E-state index in [2.05, 4.69) is 29.0 Å².